The van der Waals surface area contributed by atoms with Crippen LogP contribution in [0.3, 0.4) is 0 Å². The molecule has 0 saturated carbocycles. The summed E-state index contributed by atoms with van der Waals surface area (Å²) >= 11 is 6.86. The van der Waals surface area contributed by atoms with E-state index in [-0.39, 0.29) is 0 Å². The van der Waals surface area contributed by atoms with E-state index in [9.17, 15) is 0 Å². The summed E-state index contributed by atoms with van der Waals surface area (Å²) in [5.74, 6) is 0. The van der Waals surface area contributed by atoms with Crippen molar-refractivity contribution in [2.24, 2.45) is 0 Å². The Balaban J connectivity index is 1.92. The molecule has 0 unspecified atom stereocenters. The molecule has 6 heteroatoms. The van der Waals surface area contributed by atoms with Gasteiger partial charge in [-0.05, 0) is 28.1 Å². The number of thiophene rings is 1. The van der Waals surface area contributed by atoms with Crippen molar-refractivity contribution in [1.29, 1.82) is 0 Å². The fraction of sp³-hybridized carbons (Fsp3) is 0.364. The van der Waals surface area contributed by atoms with E-state index >= 15 is 0 Å². The van der Waals surface area contributed by atoms with Gasteiger partial charge in [0.1, 0.15) is 5.01 Å². The number of nitrogens with zero attached hydrogens (tertiary/aromatic N) is 1. The minimum atomic E-state index is 0.732. The van der Waals surface area contributed by atoms with Gasteiger partial charge >= 0.3 is 0 Å². The Hall–Kier alpha value is -0.270. The van der Waals surface area contributed by atoms with Crippen molar-refractivity contribution in [3.05, 3.63) is 26.3 Å². The number of ether oxygens (including phenoxy) is 1. The molecule has 0 aromatic carbocycles. The van der Waals surface area contributed by atoms with E-state index in [4.69, 9.17) is 4.74 Å². The van der Waals surface area contributed by atoms with Crippen LogP contribution in [0.5, 0.6) is 0 Å². The van der Waals surface area contributed by atoms with E-state index in [0.29, 0.717) is 0 Å². The van der Waals surface area contributed by atoms with Crippen LogP contribution in [0.4, 0.5) is 0 Å². The Kier molecular flexibility index (Phi) is 5.12. The van der Waals surface area contributed by atoms with E-state index in [0.717, 1.165) is 34.2 Å². The second kappa shape index (κ2) is 6.61. The molecule has 1 N–H and O–H groups in total. The maximum absolute atomic E-state index is 4.97. The SMILES string of the molecule is COCCNCc1nc(-c2ccc(Br)s2)cs1. The zero-order chi connectivity index (χ0) is 12.1. The van der Waals surface area contributed by atoms with E-state index in [1.54, 1.807) is 29.8 Å². The Labute approximate surface area is 117 Å². The van der Waals surface area contributed by atoms with Gasteiger partial charge in [-0.2, -0.15) is 0 Å². The molecule has 92 valence electrons. The zero-order valence-corrected chi connectivity index (χ0v) is 12.6. The summed E-state index contributed by atoms with van der Waals surface area (Å²) < 4.78 is 6.11. The third-order valence-electron chi connectivity index (χ3n) is 2.14. The Bertz CT molecular complexity index is 469. The molecule has 0 atom stereocenters. The average Bonchev–Trinajstić information content (AvgIpc) is 2.93. The molecule has 0 spiro atoms. The second-order valence-electron chi connectivity index (χ2n) is 3.40. The number of thiazole rings is 1. The first-order valence-electron chi connectivity index (χ1n) is 5.19. The molecule has 0 fully saturated rings. The van der Waals surface area contributed by atoms with Gasteiger partial charge in [0.25, 0.3) is 0 Å². The van der Waals surface area contributed by atoms with Crippen LogP contribution >= 0.6 is 38.6 Å². The van der Waals surface area contributed by atoms with Crippen LogP contribution in [0.25, 0.3) is 10.6 Å². The van der Waals surface area contributed by atoms with Crippen molar-refractivity contribution in [2.45, 2.75) is 6.54 Å². The highest BCUT2D eigenvalue weighted by molar-refractivity contribution is 9.11. The van der Waals surface area contributed by atoms with E-state index in [2.05, 4.69) is 43.7 Å². The molecule has 0 aliphatic heterocycles. The van der Waals surface area contributed by atoms with E-state index in [1.807, 2.05) is 0 Å². The quantitative estimate of drug-likeness (QED) is 0.823. The van der Waals surface area contributed by atoms with Crippen molar-refractivity contribution >= 4 is 38.6 Å². The van der Waals surface area contributed by atoms with Gasteiger partial charge in [0.05, 0.1) is 21.0 Å². The Morgan fingerprint density at radius 1 is 1.47 bits per heavy atom. The van der Waals surface area contributed by atoms with Crippen LogP contribution in [-0.4, -0.2) is 25.2 Å². The van der Waals surface area contributed by atoms with Gasteiger partial charge < -0.3 is 10.1 Å². The van der Waals surface area contributed by atoms with Gasteiger partial charge in [0.2, 0.25) is 0 Å². The lowest BCUT2D eigenvalue weighted by atomic mass is 10.4. The lowest BCUT2D eigenvalue weighted by molar-refractivity contribution is 0.199. The smallest absolute Gasteiger partial charge is 0.107 e. The summed E-state index contributed by atoms with van der Waals surface area (Å²) in [6.07, 6.45) is 0. The highest BCUT2D eigenvalue weighted by Gasteiger charge is 2.06. The molecule has 0 saturated heterocycles. The molecule has 2 heterocycles. The summed E-state index contributed by atoms with van der Waals surface area (Å²) in [6, 6.07) is 4.14. The van der Waals surface area contributed by atoms with Crippen molar-refractivity contribution in [3.63, 3.8) is 0 Å². The number of nitrogens with one attached hydrogen (secondary N) is 1. The van der Waals surface area contributed by atoms with Crippen LogP contribution in [-0.2, 0) is 11.3 Å². The predicted molar refractivity (Wildman–Crippen MR) is 76.7 cm³/mol. The molecule has 0 amide bonds. The number of hydrogen-bond acceptors (Lipinski definition) is 5. The third kappa shape index (κ3) is 3.86. The molecule has 2 rings (SSSR count). The van der Waals surface area contributed by atoms with Gasteiger partial charge in [-0.3, -0.25) is 0 Å². The summed E-state index contributed by atoms with van der Waals surface area (Å²) in [5.41, 5.74) is 1.06. The summed E-state index contributed by atoms with van der Waals surface area (Å²) in [6.45, 7) is 2.40. The first kappa shape index (κ1) is 13.2. The van der Waals surface area contributed by atoms with Gasteiger partial charge in [-0.25, -0.2) is 4.98 Å². The second-order valence-corrected chi connectivity index (χ2v) is 6.81. The topological polar surface area (TPSA) is 34.1 Å². The number of rotatable bonds is 6. The first-order valence-corrected chi connectivity index (χ1v) is 7.68. The summed E-state index contributed by atoms with van der Waals surface area (Å²) in [7, 11) is 1.71. The van der Waals surface area contributed by atoms with Crippen LogP contribution in [0.15, 0.2) is 21.3 Å². The van der Waals surface area contributed by atoms with Crippen LogP contribution in [0, 0.1) is 0 Å². The molecular weight excluding hydrogens is 320 g/mol. The average molecular weight is 333 g/mol. The Morgan fingerprint density at radius 2 is 2.35 bits per heavy atom. The molecule has 0 aliphatic carbocycles. The molecule has 0 aliphatic rings. The third-order valence-corrected chi connectivity index (χ3v) is 4.63. The van der Waals surface area contributed by atoms with Gasteiger partial charge in [0.15, 0.2) is 0 Å². The number of aromatic nitrogens is 1. The monoisotopic (exact) mass is 332 g/mol. The lowest BCUT2D eigenvalue weighted by Gasteiger charge is -2.00. The van der Waals surface area contributed by atoms with E-state index < -0.39 is 0 Å². The summed E-state index contributed by atoms with van der Waals surface area (Å²) in [5, 5.41) is 6.50. The summed E-state index contributed by atoms with van der Waals surface area (Å²) in [4.78, 5) is 5.80. The number of methoxy groups -OCH3 is 1. The normalized spacial score (nSPS) is 10.9. The maximum Gasteiger partial charge on any atom is 0.107 e. The van der Waals surface area contributed by atoms with Crippen LogP contribution in [0.1, 0.15) is 5.01 Å². The minimum absolute atomic E-state index is 0.732. The maximum atomic E-state index is 4.97. The standard InChI is InChI=1S/C11H13BrN2OS2/c1-15-5-4-13-6-11-14-8(7-16-11)9-2-3-10(12)17-9/h2-3,7,13H,4-6H2,1H3. The van der Waals surface area contributed by atoms with Crippen molar-refractivity contribution in [3.8, 4) is 10.6 Å². The zero-order valence-electron chi connectivity index (χ0n) is 9.40. The molecule has 17 heavy (non-hydrogen) atoms. The first-order chi connectivity index (χ1) is 8.29. The fourth-order valence-corrected chi connectivity index (χ4v) is 3.51. The molecule has 3 nitrogen and oxygen atoms in total. The van der Waals surface area contributed by atoms with Crippen molar-refractivity contribution in [2.75, 3.05) is 20.3 Å². The molecule has 0 radical (unpaired) electrons. The molecule has 0 bridgehead atoms. The molecule has 2 aromatic heterocycles. The predicted octanol–water partition coefficient (Wildman–Crippen LogP) is 3.37. The van der Waals surface area contributed by atoms with Gasteiger partial charge in [0, 0.05) is 25.6 Å². The number of halogens is 1. The van der Waals surface area contributed by atoms with Crippen LogP contribution < -0.4 is 5.32 Å². The fourth-order valence-electron chi connectivity index (χ4n) is 1.33. The largest absolute Gasteiger partial charge is 0.383 e. The molecule has 2 aromatic rings. The van der Waals surface area contributed by atoms with Crippen LogP contribution in [0.2, 0.25) is 0 Å². The molecular formula is C11H13BrN2OS2. The Morgan fingerprint density at radius 3 is 3.06 bits per heavy atom. The minimum Gasteiger partial charge on any atom is -0.383 e. The van der Waals surface area contributed by atoms with Crippen molar-refractivity contribution < 1.29 is 4.74 Å². The highest BCUT2D eigenvalue weighted by Crippen LogP contribution is 2.31. The highest BCUT2D eigenvalue weighted by atomic mass is 79.9. The van der Waals surface area contributed by atoms with Gasteiger partial charge in [-0.1, -0.05) is 0 Å². The van der Waals surface area contributed by atoms with Crippen molar-refractivity contribution in [1.82, 2.24) is 10.3 Å². The van der Waals surface area contributed by atoms with E-state index in [1.165, 1.54) is 4.88 Å². The lowest BCUT2D eigenvalue weighted by Crippen LogP contribution is -2.18. The number of hydrogen-bond donors (Lipinski definition) is 1. The van der Waals surface area contributed by atoms with Gasteiger partial charge in [-0.15, -0.1) is 22.7 Å².